The maximum Gasteiger partial charge on any atom is 0.452 e. The summed E-state index contributed by atoms with van der Waals surface area (Å²) in [4.78, 5) is 0.617. The van der Waals surface area contributed by atoms with Crippen molar-refractivity contribution < 1.29 is 17.7 Å². The lowest BCUT2D eigenvalue weighted by Gasteiger charge is -2.04. The number of benzene rings is 1. The highest BCUT2D eigenvalue weighted by molar-refractivity contribution is 7.80. The van der Waals surface area contributed by atoms with Crippen molar-refractivity contribution in [1.82, 2.24) is 5.16 Å². The van der Waals surface area contributed by atoms with Crippen LogP contribution in [0, 0.1) is 6.92 Å². The Labute approximate surface area is 111 Å². The number of aryl methyl sites for hydroxylation is 1. The van der Waals surface area contributed by atoms with Crippen LogP contribution in [0.15, 0.2) is 27.6 Å². The Morgan fingerprint density at radius 2 is 1.94 bits per heavy atom. The van der Waals surface area contributed by atoms with Crippen molar-refractivity contribution in [2.45, 2.75) is 18.0 Å². The SMILES string of the molecule is Cc1cc(Cl)c(-c2cc(C(F)(F)F)on2)cc1S. The number of alkyl halides is 3. The van der Waals surface area contributed by atoms with Gasteiger partial charge >= 0.3 is 6.18 Å². The second-order valence-electron chi connectivity index (χ2n) is 3.69. The normalized spacial score (nSPS) is 11.9. The highest BCUT2D eigenvalue weighted by atomic mass is 35.5. The first-order valence-electron chi connectivity index (χ1n) is 4.82. The quantitative estimate of drug-likeness (QED) is 0.777. The number of nitrogens with zero attached hydrogens (tertiary/aromatic N) is 1. The molecule has 0 N–H and O–H groups in total. The zero-order chi connectivity index (χ0) is 13.5. The van der Waals surface area contributed by atoms with E-state index in [1.54, 1.807) is 19.1 Å². The van der Waals surface area contributed by atoms with Gasteiger partial charge in [-0.2, -0.15) is 13.2 Å². The van der Waals surface area contributed by atoms with Crippen LogP contribution in [0.2, 0.25) is 5.02 Å². The second-order valence-corrected chi connectivity index (χ2v) is 4.58. The van der Waals surface area contributed by atoms with Gasteiger partial charge in [0.2, 0.25) is 5.76 Å². The highest BCUT2D eigenvalue weighted by Gasteiger charge is 2.36. The van der Waals surface area contributed by atoms with Crippen LogP contribution in [-0.2, 0) is 6.18 Å². The third-order valence-electron chi connectivity index (χ3n) is 2.35. The van der Waals surface area contributed by atoms with Crippen LogP contribution >= 0.6 is 24.2 Å². The van der Waals surface area contributed by atoms with Gasteiger partial charge in [-0.3, -0.25) is 0 Å². The number of aromatic nitrogens is 1. The standard InChI is InChI=1S/C11H7ClF3NOS/c1-5-2-7(12)6(3-9(5)18)8-4-10(17-16-8)11(13,14)15/h2-4,18H,1H3. The molecular weight excluding hydrogens is 287 g/mol. The van der Waals surface area contributed by atoms with E-state index >= 15 is 0 Å². The lowest BCUT2D eigenvalue weighted by atomic mass is 10.1. The summed E-state index contributed by atoms with van der Waals surface area (Å²) >= 11 is 10.2. The predicted octanol–water partition coefficient (Wildman–Crippen LogP) is 4.61. The molecule has 0 aliphatic carbocycles. The predicted molar refractivity (Wildman–Crippen MR) is 63.9 cm³/mol. The molecule has 0 saturated carbocycles. The van der Waals surface area contributed by atoms with Crippen LogP contribution in [0.25, 0.3) is 11.3 Å². The summed E-state index contributed by atoms with van der Waals surface area (Å²) in [6.07, 6.45) is -4.56. The Balaban J connectivity index is 2.50. The van der Waals surface area contributed by atoms with Gasteiger partial charge in [0.15, 0.2) is 0 Å². The molecule has 1 heterocycles. The van der Waals surface area contributed by atoms with Gasteiger partial charge in [-0.05, 0) is 24.6 Å². The first-order chi connectivity index (χ1) is 8.29. The molecule has 0 fully saturated rings. The van der Waals surface area contributed by atoms with E-state index < -0.39 is 11.9 Å². The van der Waals surface area contributed by atoms with E-state index in [0.29, 0.717) is 15.5 Å². The van der Waals surface area contributed by atoms with Gasteiger partial charge in [-0.1, -0.05) is 16.8 Å². The van der Waals surface area contributed by atoms with Crippen LogP contribution in [-0.4, -0.2) is 5.16 Å². The van der Waals surface area contributed by atoms with Crippen molar-refractivity contribution in [3.8, 4) is 11.3 Å². The fraction of sp³-hybridized carbons (Fsp3) is 0.182. The number of hydrogen-bond donors (Lipinski definition) is 1. The fourth-order valence-corrected chi connectivity index (χ4v) is 1.90. The Hall–Kier alpha value is -1.14. The molecule has 1 aromatic heterocycles. The summed E-state index contributed by atoms with van der Waals surface area (Å²) in [5.74, 6) is -1.16. The van der Waals surface area contributed by atoms with Gasteiger partial charge in [0.1, 0.15) is 5.69 Å². The minimum Gasteiger partial charge on any atom is -0.351 e. The molecule has 0 amide bonds. The van der Waals surface area contributed by atoms with E-state index in [1.807, 2.05) is 0 Å². The van der Waals surface area contributed by atoms with Crippen molar-refractivity contribution >= 4 is 24.2 Å². The van der Waals surface area contributed by atoms with E-state index in [9.17, 15) is 13.2 Å². The van der Waals surface area contributed by atoms with Crippen LogP contribution in [0.4, 0.5) is 13.2 Å². The zero-order valence-corrected chi connectivity index (χ0v) is 10.7. The molecule has 0 atom stereocenters. The Bertz CT molecular complexity index is 594. The molecule has 2 nitrogen and oxygen atoms in total. The minimum atomic E-state index is -4.56. The number of halogens is 4. The summed E-state index contributed by atoms with van der Waals surface area (Å²) in [6, 6.07) is 3.98. The molecular formula is C11H7ClF3NOS. The maximum absolute atomic E-state index is 12.4. The lowest BCUT2D eigenvalue weighted by molar-refractivity contribution is -0.155. The van der Waals surface area contributed by atoms with Crippen LogP contribution in [0.5, 0.6) is 0 Å². The molecule has 96 valence electrons. The minimum absolute atomic E-state index is 0.0302. The van der Waals surface area contributed by atoms with Gasteiger partial charge < -0.3 is 4.52 Å². The van der Waals surface area contributed by atoms with Crippen LogP contribution in [0.1, 0.15) is 11.3 Å². The van der Waals surface area contributed by atoms with Gasteiger partial charge in [-0.25, -0.2) is 0 Å². The van der Waals surface area contributed by atoms with E-state index in [2.05, 4.69) is 22.3 Å². The highest BCUT2D eigenvalue weighted by Crippen LogP contribution is 2.35. The first-order valence-corrected chi connectivity index (χ1v) is 5.65. The van der Waals surface area contributed by atoms with E-state index in [1.165, 1.54) is 0 Å². The van der Waals surface area contributed by atoms with Crippen molar-refractivity contribution in [3.63, 3.8) is 0 Å². The molecule has 0 saturated heterocycles. The van der Waals surface area contributed by atoms with E-state index in [4.69, 9.17) is 11.6 Å². The van der Waals surface area contributed by atoms with Crippen molar-refractivity contribution in [2.75, 3.05) is 0 Å². The van der Waals surface area contributed by atoms with Gasteiger partial charge in [0, 0.05) is 16.5 Å². The molecule has 2 aromatic rings. The molecule has 1 aromatic carbocycles. The molecule has 0 aliphatic rings. The smallest absolute Gasteiger partial charge is 0.351 e. The van der Waals surface area contributed by atoms with E-state index in [-0.39, 0.29) is 5.69 Å². The van der Waals surface area contributed by atoms with Crippen LogP contribution < -0.4 is 0 Å². The van der Waals surface area contributed by atoms with Crippen molar-refractivity contribution in [2.24, 2.45) is 0 Å². The number of rotatable bonds is 1. The molecule has 0 bridgehead atoms. The average molecular weight is 294 g/mol. The van der Waals surface area contributed by atoms with Crippen molar-refractivity contribution in [1.29, 1.82) is 0 Å². The number of hydrogen-bond acceptors (Lipinski definition) is 3. The number of thiol groups is 1. The Kier molecular flexibility index (Phi) is 3.33. The maximum atomic E-state index is 12.4. The third kappa shape index (κ3) is 2.49. The molecule has 18 heavy (non-hydrogen) atoms. The van der Waals surface area contributed by atoms with Gasteiger partial charge in [0.05, 0.1) is 5.02 Å². The van der Waals surface area contributed by atoms with E-state index in [0.717, 1.165) is 11.6 Å². The molecule has 0 spiro atoms. The van der Waals surface area contributed by atoms with Crippen LogP contribution in [0.3, 0.4) is 0 Å². The second kappa shape index (κ2) is 4.51. The van der Waals surface area contributed by atoms with Crippen molar-refractivity contribution in [3.05, 3.63) is 34.5 Å². The Morgan fingerprint density at radius 1 is 1.28 bits per heavy atom. The monoisotopic (exact) mass is 293 g/mol. The largest absolute Gasteiger partial charge is 0.452 e. The summed E-state index contributed by atoms with van der Waals surface area (Å²) in [7, 11) is 0. The fourth-order valence-electron chi connectivity index (χ4n) is 1.39. The van der Waals surface area contributed by atoms with Gasteiger partial charge in [0.25, 0.3) is 0 Å². The summed E-state index contributed by atoms with van der Waals surface area (Å²) < 4.78 is 41.4. The third-order valence-corrected chi connectivity index (χ3v) is 3.15. The summed E-state index contributed by atoms with van der Waals surface area (Å²) in [6.45, 7) is 1.79. The molecule has 0 aliphatic heterocycles. The molecule has 7 heteroatoms. The zero-order valence-electron chi connectivity index (χ0n) is 9.05. The lowest BCUT2D eigenvalue weighted by Crippen LogP contribution is -2.02. The Morgan fingerprint density at radius 3 is 2.50 bits per heavy atom. The summed E-state index contributed by atoms with van der Waals surface area (Å²) in [5.41, 5.74) is 1.21. The molecule has 0 radical (unpaired) electrons. The summed E-state index contributed by atoms with van der Waals surface area (Å²) in [5, 5.41) is 3.67. The molecule has 2 rings (SSSR count). The molecule has 0 unspecified atom stereocenters. The average Bonchev–Trinajstić information content (AvgIpc) is 2.72. The first kappa shape index (κ1) is 13.3. The topological polar surface area (TPSA) is 26.0 Å². The van der Waals surface area contributed by atoms with Gasteiger partial charge in [-0.15, -0.1) is 12.6 Å².